The van der Waals surface area contributed by atoms with Gasteiger partial charge in [-0.3, -0.25) is 9.48 Å². The number of amides is 1. The summed E-state index contributed by atoms with van der Waals surface area (Å²) in [4.78, 5) is 21.6. The van der Waals surface area contributed by atoms with E-state index in [0.29, 0.717) is 12.2 Å². The summed E-state index contributed by atoms with van der Waals surface area (Å²) < 4.78 is 1.61. The van der Waals surface area contributed by atoms with Crippen molar-refractivity contribution >= 4 is 17.4 Å². The molecule has 0 saturated heterocycles. The molecule has 26 heavy (non-hydrogen) atoms. The van der Waals surface area contributed by atoms with Crippen LogP contribution in [0.15, 0.2) is 54.9 Å². The lowest BCUT2D eigenvalue weighted by molar-refractivity contribution is 0.0977. The second kappa shape index (κ2) is 6.63. The second-order valence-corrected chi connectivity index (χ2v) is 6.55. The summed E-state index contributed by atoms with van der Waals surface area (Å²) in [5.41, 5.74) is 3.90. The molecule has 0 aliphatic carbocycles. The zero-order chi connectivity index (χ0) is 18.1. The molecule has 0 spiro atoms. The van der Waals surface area contributed by atoms with Crippen LogP contribution in [-0.4, -0.2) is 33.8 Å². The van der Waals surface area contributed by atoms with Crippen LogP contribution in [0.4, 0.5) is 11.5 Å². The molecule has 0 radical (unpaired) electrons. The van der Waals surface area contributed by atoms with E-state index < -0.39 is 0 Å². The number of hydrogen-bond donors (Lipinski definition) is 0. The van der Waals surface area contributed by atoms with Gasteiger partial charge in [-0.1, -0.05) is 29.8 Å². The van der Waals surface area contributed by atoms with Crippen LogP contribution >= 0.6 is 0 Å². The van der Waals surface area contributed by atoms with E-state index >= 15 is 0 Å². The molecule has 0 unspecified atom stereocenters. The number of fused-ring (bicyclic) bond motifs is 1. The van der Waals surface area contributed by atoms with Crippen molar-refractivity contribution in [1.29, 1.82) is 0 Å². The van der Waals surface area contributed by atoms with Gasteiger partial charge >= 0.3 is 0 Å². The van der Waals surface area contributed by atoms with Gasteiger partial charge in [0.15, 0.2) is 5.82 Å². The highest BCUT2D eigenvalue weighted by atomic mass is 16.2. The van der Waals surface area contributed by atoms with Crippen molar-refractivity contribution in [2.75, 3.05) is 22.9 Å². The molecule has 1 amide bonds. The van der Waals surface area contributed by atoms with Gasteiger partial charge in [0.05, 0.1) is 5.69 Å². The van der Waals surface area contributed by atoms with Gasteiger partial charge in [-0.05, 0) is 30.7 Å². The van der Waals surface area contributed by atoms with E-state index in [4.69, 9.17) is 0 Å². The first-order chi connectivity index (χ1) is 12.6. The lowest BCUT2D eigenvalue weighted by Gasteiger charge is -2.36. The van der Waals surface area contributed by atoms with Gasteiger partial charge in [0.25, 0.3) is 5.91 Å². The number of hydrogen-bond acceptors (Lipinski definition) is 4. The zero-order valence-corrected chi connectivity index (χ0v) is 15.0. The average molecular weight is 347 g/mol. The highest BCUT2D eigenvalue weighted by molar-refractivity contribution is 6.07. The van der Waals surface area contributed by atoms with Crippen LogP contribution in [0.5, 0.6) is 0 Å². The SMILES string of the molecule is Cc1ccc(CN2CCN(C(=O)c3ccnn3C)c3cccnc32)cc1. The van der Waals surface area contributed by atoms with Gasteiger partial charge < -0.3 is 9.80 Å². The highest BCUT2D eigenvalue weighted by Gasteiger charge is 2.29. The Kier molecular flexibility index (Phi) is 4.16. The minimum Gasteiger partial charge on any atom is -0.349 e. The molecule has 0 N–H and O–H groups in total. The Balaban J connectivity index is 1.63. The fourth-order valence-corrected chi connectivity index (χ4v) is 3.29. The first-order valence-electron chi connectivity index (χ1n) is 8.69. The molecule has 4 rings (SSSR count). The van der Waals surface area contributed by atoms with Gasteiger partial charge in [-0.25, -0.2) is 4.98 Å². The number of aromatic nitrogens is 3. The Bertz CT molecular complexity index is 931. The maximum absolute atomic E-state index is 13.0. The van der Waals surface area contributed by atoms with Crippen molar-refractivity contribution in [1.82, 2.24) is 14.8 Å². The summed E-state index contributed by atoms with van der Waals surface area (Å²) in [6.45, 7) is 4.22. The van der Waals surface area contributed by atoms with E-state index in [9.17, 15) is 4.79 Å². The summed E-state index contributed by atoms with van der Waals surface area (Å²) in [6, 6.07) is 14.1. The van der Waals surface area contributed by atoms with Crippen LogP contribution in [0, 0.1) is 6.92 Å². The van der Waals surface area contributed by atoms with Crippen molar-refractivity contribution in [2.45, 2.75) is 13.5 Å². The number of carbonyl (C=O) groups excluding carboxylic acids is 1. The first-order valence-corrected chi connectivity index (χ1v) is 8.69. The second-order valence-electron chi connectivity index (χ2n) is 6.55. The maximum atomic E-state index is 13.0. The lowest BCUT2D eigenvalue weighted by Crippen LogP contribution is -2.44. The van der Waals surface area contributed by atoms with Crippen LogP contribution in [-0.2, 0) is 13.6 Å². The van der Waals surface area contributed by atoms with Gasteiger partial charge in [0.2, 0.25) is 0 Å². The Morgan fingerprint density at radius 1 is 1.08 bits per heavy atom. The van der Waals surface area contributed by atoms with Crippen LogP contribution < -0.4 is 9.80 Å². The smallest absolute Gasteiger partial charge is 0.276 e. The summed E-state index contributed by atoms with van der Waals surface area (Å²) in [7, 11) is 1.78. The third-order valence-corrected chi connectivity index (χ3v) is 4.73. The van der Waals surface area contributed by atoms with Crippen molar-refractivity contribution in [3.63, 3.8) is 0 Å². The fraction of sp³-hybridized carbons (Fsp3) is 0.250. The minimum absolute atomic E-state index is 0.0470. The van der Waals surface area contributed by atoms with Crippen LogP contribution in [0.3, 0.4) is 0 Å². The summed E-state index contributed by atoms with van der Waals surface area (Å²) in [5, 5.41) is 4.11. The number of aryl methyl sites for hydroxylation is 2. The first kappa shape index (κ1) is 16.3. The molecule has 3 aromatic rings. The highest BCUT2D eigenvalue weighted by Crippen LogP contribution is 2.32. The lowest BCUT2D eigenvalue weighted by atomic mass is 10.1. The molecule has 0 fully saturated rings. The standard InChI is InChI=1S/C20H21N5O/c1-15-5-7-16(8-6-15)14-24-12-13-25(17-4-3-10-21-19(17)24)20(26)18-9-11-22-23(18)2/h3-11H,12-14H2,1-2H3. The van der Waals surface area contributed by atoms with Crippen molar-refractivity contribution in [3.8, 4) is 0 Å². The molecule has 1 aliphatic rings. The number of nitrogens with zero attached hydrogens (tertiary/aromatic N) is 5. The molecule has 1 aromatic carbocycles. The van der Waals surface area contributed by atoms with Crippen LogP contribution in [0.1, 0.15) is 21.6 Å². The zero-order valence-electron chi connectivity index (χ0n) is 15.0. The number of anilines is 2. The van der Waals surface area contributed by atoms with Crippen molar-refractivity contribution < 1.29 is 4.79 Å². The summed E-state index contributed by atoms with van der Waals surface area (Å²) >= 11 is 0. The molecular weight excluding hydrogens is 326 g/mol. The summed E-state index contributed by atoms with van der Waals surface area (Å²) in [6.07, 6.45) is 3.42. The summed E-state index contributed by atoms with van der Waals surface area (Å²) in [5.74, 6) is 0.795. The fourth-order valence-electron chi connectivity index (χ4n) is 3.29. The molecule has 0 atom stereocenters. The minimum atomic E-state index is -0.0470. The number of rotatable bonds is 3. The predicted molar refractivity (Wildman–Crippen MR) is 101 cm³/mol. The van der Waals surface area contributed by atoms with E-state index in [-0.39, 0.29) is 5.91 Å². The molecule has 6 nitrogen and oxygen atoms in total. The van der Waals surface area contributed by atoms with Gasteiger partial charge in [-0.15, -0.1) is 0 Å². The quantitative estimate of drug-likeness (QED) is 0.731. The Morgan fingerprint density at radius 2 is 1.88 bits per heavy atom. The monoisotopic (exact) mass is 347 g/mol. The van der Waals surface area contributed by atoms with Gasteiger partial charge in [-0.2, -0.15) is 5.10 Å². The Labute approximate surface area is 152 Å². The maximum Gasteiger partial charge on any atom is 0.276 e. The molecule has 0 bridgehead atoms. The topological polar surface area (TPSA) is 54.3 Å². The van der Waals surface area contributed by atoms with E-state index in [0.717, 1.165) is 24.6 Å². The van der Waals surface area contributed by atoms with Crippen LogP contribution in [0.2, 0.25) is 0 Å². The molecule has 3 heterocycles. The van der Waals surface area contributed by atoms with Crippen molar-refractivity contribution in [3.05, 3.63) is 71.7 Å². The largest absolute Gasteiger partial charge is 0.349 e. The average Bonchev–Trinajstić information content (AvgIpc) is 3.09. The van der Waals surface area contributed by atoms with E-state index in [2.05, 4.69) is 46.2 Å². The number of benzene rings is 1. The van der Waals surface area contributed by atoms with Gasteiger partial charge in [0, 0.05) is 39.1 Å². The molecule has 2 aromatic heterocycles. The van der Waals surface area contributed by atoms with Gasteiger partial charge in [0.1, 0.15) is 5.69 Å². The van der Waals surface area contributed by atoms with E-state index in [1.807, 2.05) is 12.1 Å². The molecule has 132 valence electrons. The Morgan fingerprint density at radius 3 is 2.62 bits per heavy atom. The number of carbonyl (C=O) groups is 1. The van der Waals surface area contributed by atoms with Crippen LogP contribution in [0.25, 0.3) is 0 Å². The normalized spacial score (nSPS) is 13.6. The number of pyridine rings is 1. The molecular formula is C20H21N5O. The third-order valence-electron chi connectivity index (χ3n) is 4.73. The van der Waals surface area contributed by atoms with E-state index in [1.54, 1.807) is 35.1 Å². The van der Waals surface area contributed by atoms with Crippen molar-refractivity contribution in [2.24, 2.45) is 7.05 Å². The van der Waals surface area contributed by atoms with E-state index in [1.165, 1.54) is 11.1 Å². The molecule has 0 saturated carbocycles. The predicted octanol–water partition coefficient (Wildman–Crippen LogP) is 2.79. The Hall–Kier alpha value is -3.15. The molecule has 1 aliphatic heterocycles. The molecule has 6 heteroatoms. The third kappa shape index (κ3) is 2.94.